The van der Waals surface area contributed by atoms with Crippen molar-refractivity contribution in [2.75, 3.05) is 119 Å². The summed E-state index contributed by atoms with van der Waals surface area (Å²) < 4.78 is 60.1. The van der Waals surface area contributed by atoms with Crippen molar-refractivity contribution < 1.29 is 95.3 Å². The van der Waals surface area contributed by atoms with Gasteiger partial charge in [-0.25, -0.2) is 14.4 Å². The molecular formula is C62H99N7O20. The molecule has 0 unspecified atom stereocenters. The van der Waals surface area contributed by atoms with E-state index in [0.29, 0.717) is 13.2 Å². The van der Waals surface area contributed by atoms with Gasteiger partial charge in [-0.1, -0.05) is 88.4 Å². The molecule has 2 aromatic rings. The van der Waals surface area contributed by atoms with Crippen molar-refractivity contribution in [3.63, 3.8) is 0 Å². The second-order valence-corrected chi connectivity index (χ2v) is 22.0. The molecule has 0 aliphatic heterocycles. The van der Waals surface area contributed by atoms with Crippen molar-refractivity contribution in [1.82, 2.24) is 37.2 Å². The highest BCUT2D eigenvalue weighted by Gasteiger charge is 2.30. The zero-order valence-electron chi connectivity index (χ0n) is 53.5. The molecule has 0 saturated carbocycles. The Hall–Kier alpha value is -6.85. The van der Waals surface area contributed by atoms with Crippen LogP contribution < -0.4 is 37.2 Å². The highest BCUT2D eigenvalue weighted by molar-refractivity contribution is 5.92. The topological polar surface area (TPSA) is 339 Å². The molecule has 7 amide bonds. The summed E-state index contributed by atoms with van der Waals surface area (Å²) in [6.45, 7) is 19.6. The number of hydrogen-bond acceptors (Lipinski definition) is 20. The summed E-state index contributed by atoms with van der Waals surface area (Å²) in [5, 5.41) is 18.6. The van der Waals surface area contributed by atoms with Gasteiger partial charge in [-0.2, -0.15) is 0 Å². The van der Waals surface area contributed by atoms with Crippen LogP contribution in [0.1, 0.15) is 99.1 Å². The minimum atomic E-state index is -1.07. The summed E-state index contributed by atoms with van der Waals surface area (Å²) in [6, 6.07) is 13.7. The molecular weight excluding hydrogens is 1160 g/mol. The van der Waals surface area contributed by atoms with Gasteiger partial charge in [0, 0.05) is 32.4 Å². The van der Waals surface area contributed by atoms with Crippen LogP contribution in [0.15, 0.2) is 60.7 Å². The molecule has 0 aliphatic carbocycles. The molecule has 5 atom stereocenters. The third kappa shape index (κ3) is 39.7. The van der Waals surface area contributed by atoms with Gasteiger partial charge in [0.05, 0.1) is 106 Å². The Morgan fingerprint density at radius 2 is 0.742 bits per heavy atom. The Morgan fingerprint density at radius 3 is 1.10 bits per heavy atom. The van der Waals surface area contributed by atoms with E-state index >= 15 is 0 Å². The lowest BCUT2D eigenvalue weighted by atomic mass is 10.0. The summed E-state index contributed by atoms with van der Waals surface area (Å²) in [6.07, 6.45) is -0.847. The summed E-state index contributed by atoms with van der Waals surface area (Å²) in [5.74, 6) is -4.28. The number of alkyl carbamates (subject to hydrolysis) is 1. The first-order valence-corrected chi connectivity index (χ1v) is 30.3. The number of carbonyl (C=O) groups is 9. The fraction of sp³-hybridized carbons (Fsp3) is 0.661. The lowest BCUT2D eigenvalue weighted by Crippen LogP contribution is -2.53. The molecule has 2 rings (SSSR count). The van der Waals surface area contributed by atoms with Crippen LogP contribution in [0.3, 0.4) is 0 Å². The molecule has 0 aliphatic rings. The normalized spacial score (nSPS) is 13.0. The van der Waals surface area contributed by atoms with Gasteiger partial charge in [0.1, 0.15) is 49.0 Å². The lowest BCUT2D eigenvalue weighted by molar-refractivity contribution is -0.149. The van der Waals surface area contributed by atoms with Crippen LogP contribution in [0.25, 0.3) is 0 Å². The Kier molecular flexibility index (Phi) is 41.5. The summed E-state index contributed by atoms with van der Waals surface area (Å²) in [7, 11) is 0. The predicted molar refractivity (Wildman–Crippen MR) is 325 cm³/mol. The Bertz CT molecular complexity index is 2350. The Balaban J connectivity index is 1.48. The van der Waals surface area contributed by atoms with Crippen molar-refractivity contribution in [3.05, 3.63) is 71.8 Å². The molecule has 2 aromatic carbocycles. The molecule has 27 heteroatoms. The van der Waals surface area contributed by atoms with Crippen molar-refractivity contribution in [3.8, 4) is 0 Å². The maximum absolute atomic E-state index is 13.1. The number of hydrogen-bond donors (Lipinski definition) is 7. The van der Waals surface area contributed by atoms with Crippen LogP contribution in [-0.2, 0) is 104 Å². The number of carbonyl (C=O) groups excluding carboxylic acids is 9. The first kappa shape index (κ1) is 78.2. The number of ether oxygens (including phenoxy) is 11. The number of rotatable bonds is 49. The minimum Gasteiger partial charge on any atom is -0.459 e. The summed E-state index contributed by atoms with van der Waals surface area (Å²) in [5.41, 5.74) is 0.823. The van der Waals surface area contributed by atoms with Gasteiger partial charge in [-0.05, 0) is 64.0 Å². The highest BCUT2D eigenvalue weighted by atomic mass is 16.6. The van der Waals surface area contributed by atoms with E-state index in [-0.39, 0.29) is 174 Å². The van der Waals surface area contributed by atoms with Crippen molar-refractivity contribution >= 4 is 53.5 Å². The van der Waals surface area contributed by atoms with Gasteiger partial charge < -0.3 is 89.3 Å². The molecule has 27 nitrogen and oxygen atoms in total. The van der Waals surface area contributed by atoms with E-state index in [4.69, 9.17) is 52.1 Å². The van der Waals surface area contributed by atoms with Crippen LogP contribution in [-0.4, -0.2) is 208 Å². The molecule has 0 bridgehead atoms. The van der Waals surface area contributed by atoms with E-state index < -0.39 is 71.6 Å². The Labute approximate surface area is 523 Å². The molecule has 0 saturated heterocycles. The van der Waals surface area contributed by atoms with E-state index in [9.17, 15) is 43.2 Å². The van der Waals surface area contributed by atoms with Gasteiger partial charge in [-0.3, -0.25) is 28.8 Å². The maximum Gasteiger partial charge on any atom is 0.408 e. The van der Waals surface area contributed by atoms with E-state index in [1.807, 2.05) is 60.7 Å². The molecule has 7 N–H and O–H groups in total. The van der Waals surface area contributed by atoms with E-state index in [1.165, 1.54) is 13.8 Å². The standard InChI is InChI=1S/C62H99N7O20/c1-44(2)54(57(74)65-46(5)59(76)87-42-48-16-12-10-13-17-48)68-52(71)22-26-79-30-34-83-38-40-85-36-32-81-28-24-63-51(70)21-20-50(67-61(78)89-62(7,8)9)56(73)64-25-29-82-33-37-86-41-39-84-35-31-80-27-23-53(72)69-55(45(3)4)58(75)66-47(6)60(77)88-43-49-18-14-11-15-19-49/h10-19,44-47,50,54-55H,20-43H2,1-9H3,(H,63,70)(H,64,73)(H,65,74)(H,66,75)(H,67,78)(H,68,71)(H,69,72)/t46-,47-,50-,54-,55-/m0/s1. The zero-order chi connectivity index (χ0) is 65.7. The van der Waals surface area contributed by atoms with Gasteiger partial charge >= 0.3 is 18.0 Å². The number of esters is 2. The minimum absolute atomic E-state index is 0.00483. The predicted octanol–water partition coefficient (Wildman–Crippen LogP) is 2.58. The average Bonchev–Trinajstić information content (AvgIpc) is 3.70. The molecule has 0 heterocycles. The first-order valence-electron chi connectivity index (χ1n) is 30.3. The smallest absolute Gasteiger partial charge is 0.408 e. The number of amides is 7. The van der Waals surface area contributed by atoms with Crippen molar-refractivity contribution in [1.29, 1.82) is 0 Å². The SMILES string of the molecule is CC(C)[C@H](NC(=O)CCOCCOCCOCCOCCNC(=O)CC[C@H](NC(=O)OC(C)(C)C)C(=O)NCCOCCOCCOCCOCCC(=O)N[C@H](C(=O)N[C@@H](C)C(=O)OCc1ccccc1)C(C)C)C(=O)N[C@@H](C)C(=O)OCc1ccccc1. The fourth-order valence-corrected chi connectivity index (χ4v) is 7.56. The van der Waals surface area contributed by atoms with Crippen LogP contribution >= 0.6 is 0 Å². The van der Waals surface area contributed by atoms with Crippen LogP contribution in [0, 0.1) is 11.8 Å². The van der Waals surface area contributed by atoms with Gasteiger partial charge in [0.2, 0.25) is 35.4 Å². The lowest BCUT2D eigenvalue weighted by Gasteiger charge is -2.23. The van der Waals surface area contributed by atoms with E-state index in [1.54, 1.807) is 48.5 Å². The third-order valence-electron chi connectivity index (χ3n) is 12.4. The fourth-order valence-electron chi connectivity index (χ4n) is 7.56. The second-order valence-electron chi connectivity index (χ2n) is 22.0. The van der Waals surface area contributed by atoms with E-state index in [2.05, 4.69) is 37.2 Å². The van der Waals surface area contributed by atoms with Crippen LogP contribution in [0.2, 0.25) is 0 Å². The second kappa shape index (κ2) is 47.1. The molecule has 0 fully saturated rings. The number of benzene rings is 2. The zero-order valence-corrected chi connectivity index (χ0v) is 53.5. The largest absolute Gasteiger partial charge is 0.459 e. The van der Waals surface area contributed by atoms with Crippen LogP contribution in [0.4, 0.5) is 4.79 Å². The maximum atomic E-state index is 13.1. The summed E-state index contributed by atoms with van der Waals surface area (Å²) >= 11 is 0. The molecule has 0 spiro atoms. The van der Waals surface area contributed by atoms with Crippen molar-refractivity contribution in [2.45, 2.75) is 137 Å². The van der Waals surface area contributed by atoms with E-state index in [0.717, 1.165) is 11.1 Å². The first-order chi connectivity index (χ1) is 42.6. The molecule has 0 radical (unpaired) electrons. The third-order valence-corrected chi connectivity index (χ3v) is 12.4. The molecule has 89 heavy (non-hydrogen) atoms. The van der Waals surface area contributed by atoms with Crippen LogP contribution in [0.5, 0.6) is 0 Å². The molecule has 0 aromatic heterocycles. The quantitative estimate of drug-likeness (QED) is 0.0284. The van der Waals surface area contributed by atoms with Gasteiger partial charge in [0.25, 0.3) is 0 Å². The Morgan fingerprint density at radius 1 is 0.393 bits per heavy atom. The monoisotopic (exact) mass is 1260 g/mol. The highest BCUT2D eigenvalue weighted by Crippen LogP contribution is 2.10. The molecule has 502 valence electrons. The van der Waals surface area contributed by atoms with Crippen molar-refractivity contribution in [2.24, 2.45) is 11.8 Å². The van der Waals surface area contributed by atoms with Gasteiger partial charge in [0.15, 0.2) is 0 Å². The summed E-state index contributed by atoms with van der Waals surface area (Å²) in [4.78, 5) is 114. The van der Waals surface area contributed by atoms with Gasteiger partial charge in [-0.15, -0.1) is 0 Å². The average molecular weight is 1260 g/mol. The number of nitrogens with one attached hydrogen (secondary N) is 7.